The monoisotopic (exact) mass is 236 g/mol. The van der Waals surface area contributed by atoms with Crippen LogP contribution in [-0.2, 0) is 0 Å². The van der Waals surface area contributed by atoms with E-state index in [1.165, 1.54) is 11.5 Å². The molecule has 0 aliphatic carbocycles. The van der Waals surface area contributed by atoms with Gasteiger partial charge in [0.2, 0.25) is 0 Å². The van der Waals surface area contributed by atoms with Crippen molar-refractivity contribution in [1.29, 1.82) is 0 Å². The Balaban J connectivity index is 0.00000121. The molecule has 1 unspecified atom stereocenters. The van der Waals surface area contributed by atoms with Gasteiger partial charge in [-0.2, -0.15) is 0 Å². The second-order valence-corrected chi connectivity index (χ2v) is 2.97. The van der Waals surface area contributed by atoms with Crippen LogP contribution in [0.15, 0.2) is 12.4 Å². The lowest BCUT2D eigenvalue weighted by Crippen LogP contribution is -2.34. The summed E-state index contributed by atoms with van der Waals surface area (Å²) < 4.78 is 0. The quantitative estimate of drug-likeness (QED) is 0.815. The molecule has 12 heavy (non-hydrogen) atoms. The van der Waals surface area contributed by atoms with Crippen LogP contribution in [-0.4, -0.2) is 28.4 Å². The van der Waals surface area contributed by atoms with Crippen LogP contribution in [0.2, 0.25) is 0 Å². The van der Waals surface area contributed by atoms with Crippen LogP contribution in [0, 0.1) is 0 Å². The first-order valence-electron chi connectivity index (χ1n) is 4.13. The van der Waals surface area contributed by atoms with E-state index in [9.17, 15) is 5.21 Å². The summed E-state index contributed by atoms with van der Waals surface area (Å²) in [6.45, 7) is 2.16. The number of halogens is 1. The fourth-order valence-electron chi connectivity index (χ4n) is 1.28. The van der Waals surface area contributed by atoms with Crippen molar-refractivity contribution in [3.63, 3.8) is 0 Å². The van der Waals surface area contributed by atoms with Gasteiger partial charge in [0.15, 0.2) is 0 Å². The van der Waals surface area contributed by atoms with Crippen LogP contribution < -0.4 is 0 Å². The second-order valence-electron chi connectivity index (χ2n) is 2.97. The first-order chi connectivity index (χ1) is 5.25. The molecule has 1 rings (SSSR count). The van der Waals surface area contributed by atoms with Crippen molar-refractivity contribution in [3.05, 3.63) is 12.4 Å². The summed E-state index contributed by atoms with van der Waals surface area (Å²) in [7, 11) is 1.98. The van der Waals surface area contributed by atoms with Gasteiger partial charge in [0, 0.05) is 19.4 Å². The minimum atomic E-state index is 0. The Kier molecular flexibility index (Phi) is 5.33. The van der Waals surface area contributed by atoms with Crippen LogP contribution in [0.3, 0.4) is 0 Å². The first kappa shape index (κ1) is 11.8. The lowest BCUT2D eigenvalue weighted by atomic mass is 10.2. The molecule has 0 aromatic rings. The van der Waals surface area contributed by atoms with Gasteiger partial charge in [-0.3, -0.25) is 5.21 Å². The standard InChI is InChI=1S/C8H16N2O.BrH/c1-3-4-5-8-9(2)6-7-10(8)11;/h6-8,11H,3-5H2,1-2H3;1H. The summed E-state index contributed by atoms with van der Waals surface area (Å²) in [6.07, 6.45) is 7.11. The van der Waals surface area contributed by atoms with E-state index in [0.29, 0.717) is 0 Å². The zero-order chi connectivity index (χ0) is 8.27. The summed E-state index contributed by atoms with van der Waals surface area (Å²) in [5, 5.41) is 10.6. The Hall–Kier alpha value is -0.220. The van der Waals surface area contributed by atoms with Crippen molar-refractivity contribution in [1.82, 2.24) is 9.96 Å². The van der Waals surface area contributed by atoms with Crippen LogP contribution in [0.4, 0.5) is 0 Å². The smallest absolute Gasteiger partial charge is 0.126 e. The molecule has 0 aromatic heterocycles. The van der Waals surface area contributed by atoms with Gasteiger partial charge in [-0.15, -0.1) is 17.0 Å². The Morgan fingerprint density at radius 3 is 2.50 bits per heavy atom. The molecule has 0 spiro atoms. The highest BCUT2D eigenvalue weighted by Crippen LogP contribution is 2.16. The molecule has 4 heteroatoms. The Morgan fingerprint density at radius 2 is 2.08 bits per heavy atom. The van der Waals surface area contributed by atoms with Gasteiger partial charge < -0.3 is 4.90 Å². The molecule has 0 fully saturated rings. The lowest BCUT2D eigenvalue weighted by molar-refractivity contribution is -0.102. The van der Waals surface area contributed by atoms with Gasteiger partial charge in [0.25, 0.3) is 0 Å². The highest BCUT2D eigenvalue weighted by Gasteiger charge is 2.20. The molecule has 0 amide bonds. The van der Waals surface area contributed by atoms with Crippen molar-refractivity contribution in [2.45, 2.75) is 32.4 Å². The van der Waals surface area contributed by atoms with E-state index >= 15 is 0 Å². The zero-order valence-electron chi connectivity index (χ0n) is 7.60. The number of hydroxylamine groups is 2. The highest BCUT2D eigenvalue weighted by molar-refractivity contribution is 8.93. The summed E-state index contributed by atoms with van der Waals surface area (Å²) in [4.78, 5) is 2.02. The van der Waals surface area contributed by atoms with E-state index in [0.717, 1.165) is 12.8 Å². The third-order valence-corrected chi connectivity index (χ3v) is 2.05. The Labute approximate surface area is 84.4 Å². The summed E-state index contributed by atoms with van der Waals surface area (Å²) in [5.74, 6) is 0. The minimum absolute atomic E-state index is 0. The topological polar surface area (TPSA) is 26.7 Å². The number of hydrogen-bond donors (Lipinski definition) is 1. The van der Waals surface area contributed by atoms with Gasteiger partial charge in [-0.05, 0) is 12.8 Å². The molecule has 0 bridgehead atoms. The van der Waals surface area contributed by atoms with Crippen LogP contribution in [0.25, 0.3) is 0 Å². The lowest BCUT2D eigenvalue weighted by Gasteiger charge is -2.25. The molecular formula is C8H17BrN2O. The molecule has 1 N–H and O–H groups in total. The van der Waals surface area contributed by atoms with Crippen molar-refractivity contribution < 1.29 is 5.21 Å². The molecule has 3 nitrogen and oxygen atoms in total. The second kappa shape index (κ2) is 5.43. The van der Waals surface area contributed by atoms with Crippen molar-refractivity contribution in [2.75, 3.05) is 7.05 Å². The van der Waals surface area contributed by atoms with E-state index in [4.69, 9.17) is 0 Å². The largest absolute Gasteiger partial charge is 0.357 e. The predicted molar refractivity (Wildman–Crippen MR) is 54.2 cm³/mol. The van der Waals surface area contributed by atoms with E-state index in [2.05, 4.69) is 6.92 Å². The molecule has 0 radical (unpaired) electrons. The number of hydrogen-bond acceptors (Lipinski definition) is 3. The Bertz CT molecular complexity index is 140. The molecule has 1 aliphatic rings. The van der Waals surface area contributed by atoms with E-state index in [1.807, 2.05) is 18.1 Å². The summed E-state index contributed by atoms with van der Waals surface area (Å²) in [6, 6.07) is 0. The third-order valence-electron chi connectivity index (χ3n) is 2.05. The summed E-state index contributed by atoms with van der Waals surface area (Å²) >= 11 is 0. The molecule has 0 saturated carbocycles. The highest BCUT2D eigenvalue weighted by atomic mass is 79.9. The average Bonchev–Trinajstić information content (AvgIpc) is 2.29. The van der Waals surface area contributed by atoms with E-state index in [1.54, 1.807) is 6.20 Å². The minimum Gasteiger partial charge on any atom is -0.357 e. The van der Waals surface area contributed by atoms with Crippen molar-refractivity contribution >= 4 is 17.0 Å². The molecule has 1 atom stereocenters. The molecule has 72 valence electrons. The fraction of sp³-hybridized carbons (Fsp3) is 0.750. The molecule has 1 heterocycles. The molecule has 0 aromatic carbocycles. The van der Waals surface area contributed by atoms with Crippen molar-refractivity contribution in [3.8, 4) is 0 Å². The summed E-state index contributed by atoms with van der Waals surface area (Å²) in [5.41, 5.74) is 0. The number of unbranched alkanes of at least 4 members (excludes halogenated alkanes) is 1. The van der Waals surface area contributed by atoms with Crippen LogP contribution in [0.5, 0.6) is 0 Å². The molecule has 1 aliphatic heterocycles. The molecule has 0 saturated heterocycles. The van der Waals surface area contributed by atoms with Gasteiger partial charge in [0.05, 0.1) is 0 Å². The van der Waals surface area contributed by atoms with Gasteiger partial charge >= 0.3 is 0 Å². The van der Waals surface area contributed by atoms with Gasteiger partial charge in [-0.1, -0.05) is 13.3 Å². The predicted octanol–water partition coefficient (Wildman–Crippen LogP) is 2.19. The number of nitrogens with zero attached hydrogens (tertiary/aromatic N) is 2. The van der Waals surface area contributed by atoms with Gasteiger partial charge in [0.1, 0.15) is 6.17 Å². The number of rotatable bonds is 3. The fourth-order valence-corrected chi connectivity index (χ4v) is 1.28. The Morgan fingerprint density at radius 1 is 1.42 bits per heavy atom. The SMILES string of the molecule is Br.CCCCC1N(C)C=CN1O. The normalized spacial score (nSPS) is 21.4. The third kappa shape index (κ3) is 2.68. The van der Waals surface area contributed by atoms with Crippen molar-refractivity contribution in [2.24, 2.45) is 0 Å². The maximum absolute atomic E-state index is 9.29. The first-order valence-corrected chi connectivity index (χ1v) is 4.13. The average molecular weight is 237 g/mol. The molecular weight excluding hydrogens is 220 g/mol. The maximum Gasteiger partial charge on any atom is 0.126 e. The van der Waals surface area contributed by atoms with E-state index < -0.39 is 0 Å². The van der Waals surface area contributed by atoms with E-state index in [-0.39, 0.29) is 23.1 Å². The maximum atomic E-state index is 9.29. The van der Waals surface area contributed by atoms with Crippen LogP contribution >= 0.6 is 17.0 Å². The van der Waals surface area contributed by atoms with Gasteiger partial charge in [-0.25, -0.2) is 5.06 Å². The van der Waals surface area contributed by atoms with Crippen LogP contribution in [0.1, 0.15) is 26.2 Å². The zero-order valence-corrected chi connectivity index (χ0v) is 9.32.